The summed E-state index contributed by atoms with van der Waals surface area (Å²) in [6.07, 6.45) is 0. The van der Waals surface area contributed by atoms with E-state index in [1.54, 1.807) is 36.4 Å². The predicted molar refractivity (Wildman–Crippen MR) is 65.8 cm³/mol. The minimum atomic E-state index is -0.0536. The van der Waals surface area contributed by atoms with Crippen LogP contribution in [0.25, 0.3) is 0 Å². The van der Waals surface area contributed by atoms with Crippen LogP contribution in [0, 0.1) is 18.3 Å². The highest BCUT2D eigenvalue weighted by molar-refractivity contribution is 6.09. The maximum Gasteiger partial charge on any atom is 0.193 e. The van der Waals surface area contributed by atoms with Crippen molar-refractivity contribution in [3.8, 4) is 6.07 Å². The third-order valence-corrected chi connectivity index (χ3v) is 2.57. The maximum absolute atomic E-state index is 12.1. The molecule has 2 aromatic carbocycles. The fraction of sp³-hybridized carbons (Fsp3) is 0.0667. The average molecular weight is 221 g/mol. The average Bonchev–Trinajstić information content (AvgIpc) is 2.39. The van der Waals surface area contributed by atoms with E-state index in [9.17, 15) is 4.79 Å². The maximum atomic E-state index is 12.1. The number of nitrogens with zero attached hydrogens (tertiary/aromatic N) is 1. The van der Waals surface area contributed by atoms with Crippen LogP contribution in [0.4, 0.5) is 0 Å². The van der Waals surface area contributed by atoms with Crippen molar-refractivity contribution in [3.63, 3.8) is 0 Å². The zero-order valence-electron chi connectivity index (χ0n) is 9.47. The topological polar surface area (TPSA) is 40.9 Å². The highest BCUT2D eigenvalue weighted by Crippen LogP contribution is 2.12. The van der Waals surface area contributed by atoms with Crippen LogP contribution in [0.15, 0.2) is 48.5 Å². The molecule has 0 aliphatic carbocycles. The first-order valence-electron chi connectivity index (χ1n) is 5.32. The zero-order chi connectivity index (χ0) is 12.3. The second kappa shape index (κ2) is 4.63. The van der Waals surface area contributed by atoms with Gasteiger partial charge < -0.3 is 0 Å². The number of hydrogen-bond donors (Lipinski definition) is 0. The Morgan fingerprint density at radius 3 is 2.41 bits per heavy atom. The van der Waals surface area contributed by atoms with Crippen LogP contribution in [0.1, 0.15) is 27.0 Å². The Labute approximate surface area is 100 Å². The Morgan fingerprint density at radius 2 is 1.76 bits per heavy atom. The molecule has 0 saturated heterocycles. The standard InChI is InChI=1S/C15H11NO/c1-11-5-7-13(8-6-11)15(17)14-4-2-3-12(9-14)10-16/h2-9H,1H3. The highest BCUT2D eigenvalue weighted by atomic mass is 16.1. The molecular formula is C15H11NO. The van der Waals surface area contributed by atoms with Gasteiger partial charge in [-0.15, -0.1) is 0 Å². The van der Waals surface area contributed by atoms with E-state index in [2.05, 4.69) is 0 Å². The molecule has 17 heavy (non-hydrogen) atoms. The van der Waals surface area contributed by atoms with Crippen LogP contribution in [0.3, 0.4) is 0 Å². The Kier molecular flexibility index (Phi) is 3.02. The molecule has 2 aromatic rings. The van der Waals surface area contributed by atoms with Crippen molar-refractivity contribution in [2.75, 3.05) is 0 Å². The van der Waals surface area contributed by atoms with Gasteiger partial charge in [0.25, 0.3) is 0 Å². The third kappa shape index (κ3) is 2.40. The number of aryl methyl sites for hydroxylation is 1. The van der Waals surface area contributed by atoms with E-state index in [0.717, 1.165) is 5.56 Å². The van der Waals surface area contributed by atoms with E-state index in [1.807, 2.05) is 25.1 Å². The first-order chi connectivity index (χ1) is 8.20. The Balaban J connectivity index is 2.37. The fourth-order valence-corrected chi connectivity index (χ4v) is 1.60. The highest BCUT2D eigenvalue weighted by Gasteiger charge is 2.08. The van der Waals surface area contributed by atoms with Crippen molar-refractivity contribution in [1.29, 1.82) is 5.26 Å². The van der Waals surface area contributed by atoms with E-state index in [1.165, 1.54) is 0 Å². The molecule has 2 heteroatoms. The van der Waals surface area contributed by atoms with Gasteiger partial charge in [-0.1, -0.05) is 42.0 Å². The molecular weight excluding hydrogens is 210 g/mol. The number of carbonyl (C=O) groups is 1. The predicted octanol–water partition coefficient (Wildman–Crippen LogP) is 3.10. The molecule has 0 aliphatic rings. The summed E-state index contributed by atoms with van der Waals surface area (Å²) < 4.78 is 0. The summed E-state index contributed by atoms with van der Waals surface area (Å²) in [4.78, 5) is 12.1. The molecule has 0 aromatic heterocycles. The van der Waals surface area contributed by atoms with Crippen molar-refractivity contribution in [1.82, 2.24) is 0 Å². The van der Waals surface area contributed by atoms with E-state index >= 15 is 0 Å². The normalized spacial score (nSPS) is 9.65. The van der Waals surface area contributed by atoms with Crippen LogP contribution in [-0.2, 0) is 0 Å². The van der Waals surface area contributed by atoms with E-state index in [4.69, 9.17) is 5.26 Å². The molecule has 0 N–H and O–H groups in total. The molecule has 0 radical (unpaired) electrons. The molecule has 0 unspecified atom stereocenters. The monoisotopic (exact) mass is 221 g/mol. The van der Waals surface area contributed by atoms with Gasteiger partial charge in [-0.3, -0.25) is 4.79 Å². The van der Waals surface area contributed by atoms with E-state index in [-0.39, 0.29) is 5.78 Å². The number of ketones is 1. The van der Waals surface area contributed by atoms with Gasteiger partial charge in [0.15, 0.2) is 5.78 Å². The van der Waals surface area contributed by atoms with Gasteiger partial charge in [0.2, 0.25) is 0 Å². The minimum absolute atomic E-state index is 0.0536. The molecule has 2 nitrogen and oxygen atoms in total. The van der Waals surface area contributed by atoms with Gasteiger partial charge in [-0.25, -0.2) is 0 Å². The lowest BCUT2D eigenvalue weighted by molar-refractivity contribution is 0.103. The van der Waals surface area contributed by atoms with Gasteiger partial charge in [-0.2, -0.15) is 5.26 Å². The van der Waals surface area contributed by atoms with Crippen molar-refractivity contribution >= 4 is 5.78 Å². The van der Waals surface area contributed by atoms with Gasteiger partial charge in [0.1, 0.15) is 0 Å². The molecule has 0 amide bonds. The van der Waals surface area contributed by atoms with Crippen molar-refractivity contribution in [3.05, 3.63) is 70.8 Å². The number of nitriles is 1. The van der Waals surface area contributed by atoms with Gasteiger partial charge in [0, 0.05) is 11.1 Å². The first-order valence-corrected chi connectivity index (χ1v) is 5.32. The minimum Gasteiger partial charge on any atom is -0.289 e. The van der Waals surface area contributed by atoms with Crippen molar-refractivity contribution in [2.45, 2.75) is 6.92 Å². The van der Waals surface area contributed by atoms with E-state index < -0.39 is 0 Å². The molecule has 0 aliphatic heterocycles. The molecule has 0 atom stereocenters. The van der Waals surface area contributed by atoms with E-state index in [0.29, 0.717) is 16.7 Å². The first kappa shape index (κ1) is 11.1. The molecule has 0 saturated carbocycles. The summed E-state index contributed by atoms with van der Waals surface area (Å²) in [5.41, 5.74) is 2.81. The molecule has 0 heterocycles. The summed E-state index contributed by atoms with van der Waals surface area (Å²) in [6.45, 7) is 1.98. The lowest BCUT2D eigenvalue weighted by atomic mass is 10.0. The van der Waals surface area contributed by atoms with Gasteiger partial charge >= 0.3 is 0 Å². The quantitative estimate of drug-likeness (QED) is 0.731. The van der Waals surface area contributed by atoms with Crippen LogP contribution in [0.2, 0.25) is 0 Å². The van der Waals surface area contributed by atoms with Crippen LogP contribution >= 0.6 is 0 Å². The molecule has 0 fully saturated rings. The Bertz CT molecular complexity index is 591. The SMILES string of the molecule is Cc1ccc(C(=O)c2cccc(C#N)c2)cc1. The van der Waals surface area contributed by atoms with Crippen molar-refractivity contribution < 1.29 is 4.79 Å². The zero-order valence-corrected chi connectivity index (χ0v) is 9.47. The molecule has 0 bridgehead atoms. The summed E-state index contributed by atoms with van der Waals surface area (Å²) >= 11 is 0. The number of rotatable bonds is 2. The number of hydrogen-bond acceptors (Lipinski definition) is 2. The summed E-state index contributed by atoms with van der Waals surface area (Å²) in [6, 6.07) is 16.2. The third-order valence-electron chi connectivity index (χ3n) is 2.57. The summed E-state index contributed by atoms with van der Waals surface area (Å²) in [5, 5.41) is 8.79. The molecule has 2 rings (SSSR count). The second-order valence-electron chi connectivity index (χ2n) is 3.89. The Morgan fingerprint density at radius 1 is 1.06 bits per heavy atom. The second-order valence-corrected chi connectivity index (χ2v) is 3.89. The van der Waals surface area contributed by atoms with Crippen molar-refractivity contribution in [2.24, 2.45) is 0 Å². The largest absolute Gasteiger partial charge is 0.289 e. The Hall–Kier alpha value is -2.40. The van der Waals surface area contributed by atoms with Crippen LogP contribution in [0.5, 0.6) is 0 Å². The smallest absolute Gasteiger partial charge is 0.193 e. The van der Waals surface area contributed by atoms with Crippen LogP contribution in [-0.4, -0.2) is 5.78 Å². The summed E-state index contributed by atoms with van der Waals surface area (Å²) in [5.74, 6) is -0.0536. The lowest BCUT2D eigenvalue weighted by Gasteiger charge is -2.02. The van der Waals surface area contributed by atoms with Gasteiger partial charge in [-0.05, 0) is 19.1 Å². The van der Waals surface area contributed by atoms with Crippen LogP contribution < -0.4 is 0 Å². The number of carbonyl (C=O) groups excluding carboxylic acids is 1. The molecule has 82 valence electrons. The fourth-order valence-electron chi connectivity index (χ4n) is 1.60. The summed E-state index contributed by atoms with van der Waals surface area (Å²) in [7, 11) is 0. The molecule has 0 spiro atoms. The lowest BCUT2D eigenvalue weighted by Crippen LogP contribution is -2.01. The van der Waals surface area contributed by atoms with Gasteiger partial charge in [0.05, 0.1) is 11.6 Å². The number of benzene rings is 2.